The second-order valence-electron chi connectivity index (χ2n) is 4.52. The summed E-state index contributed by atoms with van der Waals surface area (Å²) in [5.74, 6) is 1.49. The van der Waals surface area contributed by atoms with Gasteiger partial charge in [-0.15, -0.1) is 0 Å². The van der Waals surface area contributed by atoms with Crippen LogP contribution in [0.3, 0.4) is 0 Å². The van der Waals surface area contributed by atoms with Crippen LogP contribution in [0.15, 0.2) is 0 Å². The van der Waals surface area contributed by atoms with Gasteiger partial charge in [-0.3, -0.25) is 4.79 Å². The number of carbonyl (C=O) groups is 1. The van der Waals surface area contributed by atoms with Crippen LogP contribution in [-0.4, -0.2) is 5.78 Å². The summed E-state index contributed by atoms with van der Waals surface area (Å²) >= 11 is 0. The highest BCUT2D eigenvalue weighted by atomic mass is 16.1. The Labute approximate surface area is 69.2 Å². The summed E-state index contributed by atoms with van der Waals surface area (Å²) < 4.78 is 0. The molecule has 11 heavy (non-hydrogen) atoms. The lowest BCUT2D eigenvalue weighted by molar-refractivity contribution is -0.124. The number of Topliss-reactive ketones (excluding diaryl/α,β-unsaturated/α-hetero) is 1. The van der Waals surface area contributed by atoms with E-state index in [2.05, 4.69) is 34.6 Å². The SMILES string of the molecule is CC1C(=O)C(C)C(C)(C)C1C. The van der Waals surface area contributed by atoms with Gasteiger partial charge in [-0.05, 0) is 11.3 Å². The van der Waals surface area contributed by atoms with Crippen LogP contribution in [0.5, 0.6) is 0 Å². The molecule has 0 aromatic rings. The van der Waals surface area contributed by atoms with Crippen LogP contribution >= 0.6 is 0 Å². The largest absolute Gasteiger partial charge is 0.299 e. The molecule has 0 bridgehead atoms. The van der Waals surface area contributed by atoms with Crippen molar-refractivity contribution in [2.24, 2.45) is 23.2 Å². The monoisotopic (exact) mass is 154 g/mol. The summed E-state index contributed by atoms with van der Waals surface area (Å²) in [5, 5.41) is 0. The first-order valence-electron chi connectivity index (χ1n) is 4.42. The van der Waals surface area contributed by atoms with Crippen molar-refractivity contribution in [3.8, 4) is 0 Å². The molecule has 1 rings (SSSR count). The van der Waals surface area contributed by atoms with Gasteiger partial charge in [0.25, 0.3) is 0 Å². The summed E-state index contributed by atoms with van der Waals surface area (Å²) in [5.41, 5.74) is 0.205. The molecule has 1 aliphatic rings. The molecule has 1 nitrogen and oxygen atoms in total. The van der Waals surface area contributed by atoms with Crippen molar-refractivity contribution < 1.29 is 4.79 Å². The predicted molar refractivity (Wildman–Crippen MR) is 46.3 cm³/mol. The maximum absolute atomic E-state index is 11.5. The van der Waals surface area contributed by atoms with Gasteiger partial charge >= 0.3 is 0 Å². The first kappa shape index (κ1) is 8.76. The van der Waals surface area contributed by atoms with E-state index >= 15 is 0 Å². The van der Waals surface area contributed by atoms with Gasteiger partial charge in [0.15, 0.2) is 0 Å². The van der Waals surface area contributed by atoms with Gasteiger partial charge in [0, 0.05) is 11.8 Å². The Morgan fingerprint density at radius 3 is 1.73 bits per heavy atom. The predicted octanol–water partition coefficient (Wildman–Crippen LogP) is 2.50. The highest BCUT2D eigenvalue weighted by molar-refractivity contribution is 5.86. The minimum atomic E-state index is 0.205. The highest BCUT2D eigenvalue weighted by Crippen LogP contribution is 2.47. The lowest BCUT2D eigenvalue weighted by atomic mass is 9.76. The molecule has 1 fully saturated rings. The smallest absolute Gasteiger partial charge is 0.139 e. The average molecular weight is 154 g/mol. The molecule has 0 saturated heterocycles. The lowest BCUT2D eigenvalue weighted by Gasteiger charge is -2.28. The second kappa shape index (κ2) is 2.33. The van der Waals surface area contributed by atoms with Gasteiger partial charge in [-0.25, -0.2) is 0 Å². The first-order valence-corrected chi connectivity index (χ1v) is 4.42. The third kappa shape index (κ3) is 1.02. The molecular formula is C10H18O. The number of rotatable bonds is 0. The Bertz CT molecular complexity index is 181. The molecule has 1 heteroatoms. The normalized spacial score (nSPS) is 43.0. The van der Waals surface area contributed by atoms with Crippen LogP contribution in [0.25, 0.3) is 0 Å². The van der Waals surface area contributed by atoms with E-state index in [1.54, 1.807) is 0 Å². The molecule has 64 valence electrons. The molecule has 1 saturated carbocycles. The van der Waals surface area contributed by atoms with Crippen LogP contribution < -0.4 is 0 Å². The quantitative estimate of drug-likeness (QED) is 0.524. The van der Waals surface area contributed by atoms with Gasteiger partial charge in [0.2, 0.25) is 0 Å². The molecule has 0 amide bonds. The zero-order chi connectivity index (χ0) is 8.81. The number of ketones is 1. The van der Waals surface area contributed by atoms with Gasteiger partial charge in [0.05, 0.1) is 0 Å². The van der Waals surface area contributed by atoms with Crippen LogP contribution in [0, 0.1) is 23.2 Å². The summed E-state index contributed by atoms with van der Waals surface area (Å²) in [6.07, 6.45) is 0. The first-order chi connectivity index (χ1) is 4.89. The van der Waals surface area contributed by atoms with Crippen molar-refractivity contribution in [3.63, 3.8) is 0 Å². The molecule has 1 aliphatic carbocycles. The number of carbonyl (C=O) groups excluding carboxylic acids is 1. The molecule has 3 atom stereocenters. The molecule has 0 aromatic carbocycles. The molecule has 0 aromatic heterocycles. The maximum atomic E-state index is 11.5. The fraction of sp³-hybridized carbons (Fsp3) is 0.900. The Morgan fingerprint density at radius 2 is 1.64 bits per heavy atom. The Morgan fingerprint density at radius 1 is 1.18 bits per heavy atom. The number of hydrogen-bond donors (Lipinski definition) is 0. The van der Waals surface area contributed by atoms with Crippen LogP contribution in [0.4, 0.5) is 0 Å². The topological polar surface area (TPSA) is 17.1 Å². The molecule has 0 heterocycles. The van der Waals surface area contributed by atoms with Crippen molar-refractivity contribution in [2.75, 3.05) is 0 Å². The summed E-state index contributed by atoms with van der Waals surface area (Å²) in [4.78, 5) is 11.5. The Hall–Kier alpha value is -0.330. The molecule has 0 N–H and O–H groups in total. The summed E-state index contributed by atoms with van der Waals surface area (Å²) in [7, 11) is 0. The minimum absolute atomic E-state index is 0.205. The van der Waals surface area contributed by atoms with Gasteiger partial charge in [0.1, 0.15) is 5.78 Å². The van der Waals surface area contributed by atoms with Crippen molar-refractivity contribution in [1.29, 1.82) is 0 Å². The van der Waals surface area contributed by atoms with E-state index < -0.39 is 0 Å². The maximum Gasteiger partial charge on any atom is 0.139 e. The molecular weight excluding hydrogens is 136 g/mol. The highest BCUT2D eigenvalue weighted by Gasteiger charge is 2.48. The van der Waals surface area contributed by atoms with Crippen molar-refractivity contribution >= 4 is 5.78 Å². The minimum Gasteiger partial charge on any atom is -0.299 e. The van der Waals surface area contributed by atoms with Gasteiger partial charge < -0.3 is 0 Å². The fourth-order valence-corrected chi connectivity index (χ4v) is 2.05. The average Bonchev–Trinajstić information content (AvgIpc) is 2.06. The van der Waals surface area contributed by atoms with Crippen molar-refractivity contribution in [2.45, 2.75) is 34.6 Å². The van der Waals surface area contributed by atoms with Crippen LogP contribution in [0.2, 0.25) is 0 Å². The number of hydrogen-bond acceptors (Lipinski definition) is 1. The fourth-order valence-electron chi connectivity index (χ4n) is 2.05. The summed E-state index contributed by atoms with van der Waals surface area (Å²) in [6.45, 7) is 10.7. The third-order valence-electron chi connectivity index (χ3n) is 3.92. The zero-order valence-electron chi connectivity index (χ0n) is 8.14. The molecule has 0 aliphatic heterocycles. The van der Waals surface area contributed by atoms with E-state index in [1.807, 2.05) is 0 Å². The Balaban J connectivity index is 2.96. The van der Waals surface area contributed by atoms with E-state index in [4.69, 9.17) is 0 Å². The molecule has 3 unspecified atom stereocenters. The van der Waals surface area contributed by atoms with Crippen molar-refractivity contribution in [1.82, 2.24) is 0 Å². The summed E-state index contributed by atoms with van der Waals surface area (Å²) in [6, 6.07) is 0. The van der Waals surface area contributed by atoms with Crippen LogP contribution in [-0.2, 0) is 4.79 Å². The van der Waals surface area contributed by atoms with E-state index in [-0.39, 0.29) is 17.3 Å². The van der Waals surface area contributed by atoms with E-state index in [0.717, 1.165) is 0 Å². The second-order valence-corrected chi connectivity index (χ2v) is 4.52. The van der Waals surface area contributed by atoms with E-state index in [1.165, 1.54) is 0 Å². The van der Waals surface area contributed by atoms with Crippen molar-refractivity contribution in [3.05, 3.63) is 0 Å². The van der Waals surface area contributed by atoms with E-state index in [0.29, 0.717) is 11.7 Å². The Kier molecular flexibility index (Phi) is 1.85. The van der Waals surface area contributed by atoms with E-state index in [9.17, 15) is 4.79 Å². The third-order valence-corrected chi connectivity index (χ3v) is 3.92. The van der Waals surface area contributed by atoms with Crippen LogP contribution in [0.1, 0.15) is 34.6 Å². The van der Waals surface area contributed by atoms with Gasteiger partial charge in [-0.2, -0.15) is 0 Å². The zero-order valence-corrected chi connectivity index (χ0v) is 8.14. The molecule has 0 radical (unpaired) electrons. The standard InChI is InChI=1S/C10H18O/c1-6-7(2)10(4,5)8(3)9(6)11/h6-8H,1-5H3. The van der Waals surface area contributed by atoms with Gasteiger partial charge in [-0.1, -0.05) is 34.6 Å². The molecule has 0 spiro atoms. The lowest BCUT2D eigenvalue weighted by Crippen LogP contribution is -2.23.